The lowest BCUT2D eigenvalue weighted by atomic mass is 9.72. The van der Waals surface area contributed by atoms with Crippen molar-refractivity contribution in [3.8, 4) is 0 Å². The van der Waals surface area contributed by atoms with Gasteiger partial charge in [-0.1, -0.05) is 30.9 Å². The molecule has 1 aromatic heterocycles. The zero-order valence-corrected chi connectivity index (χ0v) is 11.2. The van der Waals surface area contributed by atoms with E-state index in [1.165, 1.54) is 19.3 Å². The van der Waals surface area contributed by atoms with E-state index < -0.39 is 0 Å². The van der Waals surface area contributed by atoms with Crippen LogP contribution in [0.25, 0.3) is 11.0 Å². The largest absolute Gasteiger partial charge is 0.460 e. The fraction of sp³-hybridized carbons (Fsp3) is 0.467. The first-order valence-corrected chi connectivity index (χ1v) is 7.01. The number of nitrogens with two attached hydrogens (primary N) is 1. The second kappa shape index (κ2) is 4.60. The maximum atomic E-state index is 6.04. The Morgan fingerprint density at radius 1 is 1.17 bits per heavy atom. The van der Waals surface area contributed by atoms with Gasteiger partial charge in [-0.3, -0.25) is 0 Å². The van der Waals surface area contributed by atoms with Crippen LogP contribution < -0.4 is 5.73 Å². The molecule has 2 aromatic rings. The SMILES string of the molecule is NCC1(c2cc3cc(Cl)ccc3o2)CCCCC1. The molecule has 2 N–H and O–H groups in total. The smallest absolute Gasteiger partial charge is 0.134 e. The standard InChI is InChI=1S/C15H18ClNO/c16-12-4-5-13-11(8-12)9-14(18-13)15(10-17)6-2-1-3-7-15/h4-5,8-9H,1-3,6-7,10,17H2. The Labute approximate surface area is 112 Å². The van der Waals surface area contributed by atoms with E-state index in [0.717, 1.165) is 34.6 Å². The van der Waals surface area contributed by atoms with Gasteiger partial charge in [0, 0.05) is 22.4 Å². The Kier molecular flexibility index (Phi) is 3.08. The third-order valence-corrected chi connectivity index (χ3v) is 4.44. The number of furan rings is 1. The van der Waals surface area contributed by atoms with Gasteiger partial charge in [-0.05, 0) is 37.1 Å². The predicted molar refractivity (Wildman–Crippen MR) is 75.0 cm³/mol. The van der Waals surface area contributed by atoms with Crippen molar-refractivity contribution in [2.24, 2.45) is 5.73 Å². The van der Waals surface area contributed by atoms with Crippen molar-refractivity contribution in [2.45, 2.75) is 37.5 Å². The molecule has 0 atom stereocenters. The fourth-order valence-corrected chi connectivity index (χ4v) is 3.24. The second-order valence-electron chi connectivity index (χ2n) is 5.34. The normalized spacial score (nSPS) is 19.2. The van der Waals surface area contributed by atoms with E-state index in [4.69, 9.17) is 21.8 Å². The molecule has 3 rings (SSSR count). The van der Waals surface area contributed by atoms with Crippen LogP contribution in [0.4, 0.5) is 0 Å². The van der Waals surface area contributed by atoms with Crippen molar-refractivity contribution < 1.29 is 4.42 Å². The molecule has 1 fully saturated rings. The van der Waals surface area contributed by atoms with Crippen LogP contribution >= 0.6 is 11.6 Å². The fourth-order valence-electron chi connectivity index (χ4n) is 3.06. The first-order valence-electron chi connectivity index (χ1n) is 6.63. The van der Waals surface area contributed by atoms with Crippen molar-refractivity contribution in [2.75, 3.05) is 6.54 Å². The van der Waals surface area contributed by atoms with Gasteiger partial charge in [0.1, 0.15) is 11.3 Å². The van der Waals surface area contributed by atoms with E-state index in [-0.39, 0.29) is 5.41 Å². The van der Waals surface area contributed by atoms with E-state index in [2.05, 4.69) is 6.07 Å². The topological polar surface area (TPSA) is 39.2 Å². The van der Waals surface area contributed by atoms with E-state index in [1.807, 2.05) is 18.2 Å². The van der Waals surface area contributed by atoms with Gasteiger partial charge in [-0.25, -0.2) is 0 Å². The lowest BCUT2D eigenvalue weighted by Crippen LogP contribution is -2.36. The van der Waals surface area contributed by atoms with Gasteiger partial charge in [-0.15, -0.1) is 0 Å². The van der Waals surface area contributed by atoms with Gasteiger partial charge in [0.15, 0.2) is 0 Å². The maximum Gasteiger partial charge on any atom is 0.134 e. The lowest BCUT2D eigenvalue weighted by molar-refractivity contribution is 0.257. The third-order valence-electron chi connectivity index (χ3n) is 4.20. The zero-order valence-electron chi connectivity index (χ0n) is 10.4. The van der Waals surface area contributed by atoms with Crippen molar-refractivity contribution >= 4 is 22.6 Å². The Bertz CT molecular complexity index is 555. The van der Waals surface area contributed by atoms with Gasteiger partial charge in [0.05, 0.1) is 0 Å². The molecule has 1 aromatic carbocycles. The lowest BCUT2D eigenvalue weighted by Gasteiger charge is -2.34. The second-order valence-corrected chi connectivity index (χ2v) is 5.77. The molecule has 1 saturated carbocycles. The summed E-state index contributed by atoms with van der Waals surface area (Å²) in [7, 11) is 0. The molecule has 0 amide bonds. The van der Waals surface area contributed by atoms with Crippen LogP contribution in [0.1, 0.15) is 37.9 Å². The highest BCUT2D eigenvalue weighted by Crippen LogP contribution is 2.41. The molecule has 18 heavy (non-hydrogen) atoms. The summed E-state index contributed by atoms with van der Waals surface area (Å²) < 4.78 is 6.02. The molecular formula is C15H18ClNO. The molecule has 3 heteroatoms. The Morgan fingerprint density at radius 3 is 2.67 bits per heavy atom. The molecule has 0 spiro atoms. The summed E-state index contributed by atoms with van der Waals surface area (Å²) in [6.07, 6.45) is 6.08. The van der Waals surface area contributed by atoms with Crippen LogP contribution in [0.3, 0.4) is 0 Å². The molecule has 0 radical (unpaired) electrons. The summed E-state index contributed by atoms with van der Waals surface area (Å²) in [6, 6.07) is 7.89. The molecule has 1 heterocycles. The van der Waals surface area contributed by atoms with Crippen LogP contribution in [0, 0.1) is 0 Å². The summed E-state index contributed by atoms with van der Waals surface area (Å²) >= 11 is 6.02. The minimum Gasteiger partial charge on any atom is -0.460 e. The van der Waals surface area contributed by atoms with E-state index in [1.54, 1.807) is 0 Å². The van der Waals surface area contributed by atoms with Crippen molar-refractivity contribution in [1.29, 1.82) is 0 Å². The molecular weight excluding hydrogens is 246 g/mol. The van der Waals surface area contributed by atoms with Crippen LogP contribution in [0.15, 0.2) is 28.7 Å². The number of benzene rings is 1. The monoisotopic (exact) mass is 263 g/mol. The first kappa shape index (κ1) is 12.1. The molecule has 0 bridgehead atoms. The highest BCUT2D eigenvalue weighted by molar-refractivity contribution is 6.31. The third kappa shape index (κ3) is 1.94. The zero-order chi connectivity index (χ0) is 12.6. The number of hydrogen-bond acceptors (Lipinski definition) is 2. The van der Waals surface area contributed by atoms with Gasteiger partial charge in [-0.2, -0.15) is 0 Å². The molecule has 1 aliphatic rings. The number of rotatable bonds is 2. The predicted octanol–water partition coefficient (Wildman–Crippen LogP) is 4.25. The summed E-state index contributed by atoms with van der Waals surface area (Å²) in [4.78, 5) is 0. The average molecular weight is 264 g/mol. The summed E-state index contributed by atoms with van der Waals surface area (Å²) in [6.45, 7) is 0.667. The quantitative estimate of drug-likeness (QED) is 0.880. The van der Waals surface area contributed by atoms with E-state index in [0.29, 0.717) is 6.54 Å². The average Bonchev–Trinajstić information content (AvgIpc) is 2.83. The number of hydrogen-bond donors (Lipinski definition) is 1. The summed E-state index contributed by atoms with van der Waals surface area (Å²) in [5.74, 6) is 1.04. The molecule has 1 aliphatic carbocycles. The Balaban J connectivity index is 2.06. The van der Waals surface area contributed by atoms with Crippen molar-refractivity contribution in [3.05, 3.63) is 35.0 Å². The molecule has 0 aliphatic heterocycles. The number of halogens is 1. The van der Waals surface area contributed by atoms with E-state index in [9.17, 15) is 0 Å². The summed E-state index contributed by atoms with van der Waals surface area (Å²) in [5, 5.41) is 1.83. The van der Waals surface area contributed by atoms with Gasteiger partial charge in [0.2, 0.25) is 0 Å². The van der Waals surface area contributed by atoms with Crippen LogP contribution in [-0.4, -0.2) is 6.54 Å². The van der Waals surface area contributed by atoms with Gasteiger partial charge < -0.3 is 10.2 Å². The molecule has 96 valence electrons. The first-order chi connectivity index (χ1) is 8.73. The molecule has 0 saturated heterocycles. The van der Waals surface area contributed by atoms with Gasteiger partial charge >= 0.3 is 0 Å². The van der Waals surface area contributed by atoms with E-state index >= 15 is 0 Å². The maximum absolute atomic E-state index is 6.04. The molecule has 0 unspecified atom stereocenters. The van der Waals surface area contributed by atoms with Crippen LogP contribution in [-0.2, 0) is 5.41 Å². The van der Waals surface area contributed by atoms with Crippen molar-refractivity contribution in [3.63, 3.8) is 0 Å². The Morgan fingerprint density at radius 2 is 1.94 bits per heavy atom. The van der Waals surface area contributed by atoms with Crippen LogP contribution in [0.5, 0.6) is 0 Å². The van der Waals surface area contributed by atoms with Crippen molar-refractivity contribution in [1.82, 2.24) is 0 Å². The number of fused-ring (bicyclic) bond motifs is 1. The summed E-state index contributed by atoms with van der Waals surface area (Å²) in [5.41, 5.74) is 6.99. The Hall–Kier alpha value is -0.990. The minimum absolute atomic E-state index is 0.0454. The van der Waals surface area contributed by atoms with Gasteiger partial charge in [0.25, 0.3) is 0 Å². The molecule has 2 nitrogen and oxygen atoms in total. The highest BCUT2D eigenvalue weighted by atomic mass is 35.5. The highest BCUT2D eigenvalue weighted by Gasteiger charge is 2.35. The minimum atomic E-state index is 0.0454. The van der Waals surface area contributed by atoms with Crippen LogP contribution in [0.2, 0.25) is 5.02 Å².